The van der Waals surface area contributed by atoms with Crippen molar-refractivity contribution in [2.75, 3.05) is 0 Å². The van der Waals surface area contributed by atoms with Crippen LogP contribution in [0.25, 0.3) is 11.0 Å². The van der Waals surface area contributed by atoms with Crippen molar-refractivity contribution in [3.63, 3.8) is 0 Å². The lowest BCUT2D eigenvalue weighted by Gasteiger charge is -2.02. The van der Waals surface area contributed by atoms with Gasteiger partial charge in [0.1, 0.15) is 0 Å². The van der Waals surface area contributed by atoms with Crippen molar-refractivity contribution in [1.82, 2.24) is 9.55 Å². The average molecular weight is 288 g/mol. The first-order valence-electron chi connectivity index (χ1n) is 6.14. The van der Waals surface area contributed by atoms with Crippen LogP contribution in [0.3, 0.4) is 0 Å². The number of imidazole rings is 1. The number of fused-ring (bicyclic) bond motifs is 1. The number of aromatic carboxylic acids is 1. The fourth-order valence-electron chi connectivity index (χ4n) is 2.26. The molecular formula is C14H12N2O3S. The summed E-state index contributed by atoms with van der Waals surface area (Å²) in [5.41, 5.74) is 0.863. The van der Waals surface area contributed by atoms with E-state index in [1.54, 1.807) is 28.0 Å². The summed E-state index contributed by atoms with van der Waals surface area (Å²) in [6.45, 7) is 0.530. The Hall–Kier alpha value is -2.34. The molecule has 3 aromatic rings. The molecule has 0 unspecified atom stereocenters. The molecule has 0 atom stereocenters. The molecule has 3 rings (SSSR count). The Kier molecular flexibility index (Phi) is 3.15. The number of carbonyl (C=O) groups is 1. The van der Waals surface area contributed by atoms with Crippen LogP contribution in [-0.2, 0) is 13.0 Å². The number of benzene rings is 1. The van der Waals surface area contributed by atoms with Crippen LogP contribution in [0.1, 0.15) is 15.2 Å². The number of hydrogen-bond acceptors (Lipinski definition) is 3. The number of carboxylic acids is 1. The molecule has 102 valence electrons. The Morgan fingerprint density at radius 3 is 2.85 bits per heavy atom. The second-order valence-electron chi connectivity index (χ2n) is 4.42. The third-order valence-electron chi connectivity index (χ3n) is 3.20. The number of aromatic amines is 1. The van der Waals surface area contributed by atoms with E-state index in [-0.39, 0.29) is 11.3 Å². The van der Waals surface area contributed by atoms with Crippen LogP contribution >= 0.6 is 11.3 Å². The van der Waals surface area contributed by atoms with Gasteiger partial charge < -0.3 is 10.1 Å². The molecule has 0 aliphatic carbocycles. The number of thiophene rings is 1. The molecule has 0 amide bonds. The second-order valence-corrected chi connectivity index (χ2v) is 5.45. The number of H-pyrrole nitrogens is 1. The summed E-state index contributed by atoms with van der Waals surface area (Å²) >= 11 is 1.64. The maximum Gasteiger partial charge on any atom is 0.337 e. The fraction of sp³-hybridized carbons (Fsp3) is 0.143. The smallest absolute Gasteiger partial charge is 0.337 e. The Balaban J connectivity index is 2.03. The normalized spacial score (nSPS) is 11.0. The molecule has 0 spiro atoms. The van der Waals surface area contributed by atoms with Crippen molar-refractivity contribution in [2.45, 2.75) is 13.0 Å². The van der Waals surface area contributed by atoms with Gasteiger partial charge in [0.2, 0.25) is 0 Å². The van der Waals surface area contributed by atoms with Gasteiger partial charge in [-0.15, -0.1) is 11.3 Å². The highest BCUT2D eigenvalue weighted by Crippen LogP contribution is 2.17. The number of nitrogens with zero attached hydrogens (tertiary/aromatic N) is 1. The molecule has 2 N–H and O–H groups in total. The zero-order valence-electron chi connectivity index (χ0n) is 10.5. The number of aromatic nitrogens is 2. The van der Waals surface area contributed by atoms with E-state index in [0.717, 1.165) is 6.42 Å². The maximum absolute atomic E-state index is 12.0. The first-order valence-corrected chi connectivity index (χ1v) is 7.02. The van der Waals surface area contributed by atoms with E-state index in [2.05, 4.69) is 4.98 Å². The van der Waals surface area contributed by atoms with Gasteiger partial charge in [-0.25, -0.2) is 9.59 Å². The van der Waals surface area contributed by atoms with E-state index in [0.29, 0.717) is 17.6 Å². The molecule has 2 aromatic heterocycles. The molecule has 1 aromatic carbocycles. The van der Waals surface area contributed by atoms with Crippen LogP contribution in [0.15, 0.2) is 40.5 Å². The first-order chi connectivity index (χ1) is 9.66. The lowest BCUT2D eigenvalue weighted by Crippen LogP contribution is -2.17. The molecule has 0 aliphatic rings. The number of aryl methyl sites for hydroxylation is 2. The summed E-state index contributed by atoms with van der Waals surface area (Å²) in [6.07, 6.45) is 0.752. The van der Waals surface area contributed by atoms with E-state index < -0.39 is 5.97 Å². The number of hydrogen-bond donors (Lipinski definition) is 2. The van der Waals surface area contributed by atoms with Crippen molar-refractivity contribution in [2.24, 2.45) is 0 Å². The fourth-order valence-corrected chi connectivity index (χ4v) is 2.96. The van der Waals surface area contributed by atoms with E-state index in [1.807, 2.05) is 17.5 Å². The Morgan fingerprint density at radius 2 is 2.15 bits per heavy atom. The van der Waals surface area contributed by atoms with Gasteiger partial charge in [0, 0.05) is 11.4 Å². The van der Waals surface area contributed by atoms with Crippen LogP contribution in [0, 0.1) is 0 Å². The van der Waals surface area contributed by atoms with Crippen LogP contribution in [0.4, 0.5) is 0 Å². The Morgan fingerprint density at radius 1 is 1.30 bits per heavy atom. The molecule has 2 heterocycles. The molecule has 5 nitrogen and oxygen atoms in total. The topological polar surface area (TPSA) is 75.1 Å². The average Bonchev–Trinajstić information content (AvgIpc) is 3.02. The van der Waals surface area contributed by atoms with Crippen LogP contribution in [-0.4, -0.2) is 20.6 Å². The van der Waals surface area contributed by atoms with Gasteiger partial charge in [-0.1, -0.05) is 12.1 Å². The third-order valence-corrected chi connectivity index (χ3v) is 4.14. The summed E-state index contributed by atoms with van der Waals surface area (Å²) in [6, 6.07) is 8.90. The van der Waals surface area contributed by atoms with Crippen molar-refractivity contribution < 1.29 is 9.90 Å². The van der Waals surface area contributed by atoms with E-state index in [9.17, 15) is 9.59 Å². The molecule has 0 bridgehead atoms. The van der Waals surface area contributed by atoms with E-state index in [4.69, 9.17) is 5.11 Å². The standard InChI is InChI=1S/C14H12N2O3S/c17-13(18)10-4-1-5-11-12(10)15-14(19)16(11)7-6-9-3-2-8-20-9/h1-5,8H,6-7H2,(H,15,19)(H,17,18). The van der Waals surface area contributed by atoms with Gasteiger partial charge in [-0.05, 0) is 30.0 Å². The highest BCUT2D eigenvalue weighted by atomic mass is 32.1. The summed E-state index contributed by atoms with van der Waals surface area (Å²) in [7, 11) is 0. The minimum absolute atomic E-state index is 0.120. The molecule has 0 radical (unpaired) electrons. The predicted octanol–water partition coefficient (Wildman–Crippen LogP) is 2.33. The number of carboxylic acid groups (broad SMARTS) is 1. The van der Waals surface area contributed by atoms with Crippen LogP contribution in [0.5, 0.6) is 0 Å². The van der Waals surface area contributed by atoms with Crippen LogP contribution in [0.2, 0.25) is 0 Å². The number of para-hydroxylation sites is 1. The minimum Gasteiger partial charge on any atom is -0.478 e. The Bertz CT molecular complexity index is 815. The zero-order valence-corrected chi connectivity index (χ0v) is 11.3. The monoisotopic (exact) mass is 288 g/mol. The second kappa shape index (κ2) is 4.97. The van der Waals surface area contributed by atoms with E-state index >= 15 is 0 Å². The van der Waals surface area contributed by atoms with Gasteiger partial charge in [0.25, 0.3) is 0 Å². The molecule has 0 saturated carbocycles. The van der Waals surface area contributed by atoms with Crippen molar-refractivity contribution in [1.29, 1.82) is 0 Å². The largest absolute Gasteiger partial charge is 0.478 e. The minimum atomic E-state index is -1.04. The first kappa shape index (κ1) is 12.7. The maximum atomic E-state index is 12.0. The lowest BCUT2D eigenvalue weighted by molar-refractivity contribution is 0.0699. The summed E-state index contributed by atoms with van der Waals surface area (Å²) in [4.78, 5) is 27.0. The van der Waals surface area contributed by atoms with Crippen molar-refractivity contribution in [3.8, 4) is 0 Å². The molecule has 0 aliphatic heterocycles. The van der Waals surface area contributed by atoms with Crippen LogP contribution < -0.4 is 5.69 Å². The molecule has 0 fully saturated rings. The van der Waals surface area contributed by atoms with Gasteiger partial charge in [-0.3, -0.25) is 4.57 Å². The van der Waals surface area contributed by atoms with Crippen molar-refractivity contribution >= 4 is 28.3 Å². The van der Waals surface area contributed by atoms with Gasteiger partial charge in [-0.2, -0.15) is 0 Å². The summed E-state index contributed by atoms with van der Waals surface area (Å²) < 4.78 is 1.58. The number of nitrogens with one attached hydrogen (secondary N) is 1. The molecule has 6 heteroatoms. The zero-order chi connectivity index (χ0) is 14.1. The van der Waals surface area contributed by atoms with Gasteiger partial charge >= 0.3 is 11.7 Å². The molecule has 20 heavy (non-hydrogen) atoms. The highest BCUT2D eigenvalue weighted by Gasteiger charge is 2.14. The third kappa shape index (κ3) is 2.14. The predicted molar refractivity (Wildman–Crippen MR) is 77.5 cm³/mol. The number of rotatable bonds is 4. The Labute approximate surface area is 118 Å². The highest BCUT2D eigenvalue weighted by molar-refractivity contribution is 7.09. The lowest BCUT2D eigenvalue weighted by atomic mass is 10.2. The summed E-state index contributed by atoms with van der Waals surface area (Å²) in [5, 5.41) is 11.1. The van der Waals surface area contributed by atoms with Gasteiger partial charge in [0.05, 0.1) is 16.6 Å². The van der Waals surface area contributed by atoms with Crippen molar-refractivity contribution in [3.05, 3.63) is 56.6 Å². The molecular weight excluding hydrogens is 276 g/mol. The quantitative estimate of drug-likeness (QED) is 0.773. The van der Waals surface area contributed by atoms with Gasteiger partial charge in [0.15, 0.2) is 0 Å². The SMILES string of the molecule is O=C(O)c1cccc2c1[nH]c(=O)n2CCc1cccs1. The summed E-state index contributed by atoms with van der Waals surface area (Å²) in [5.74, 6) is -1.04. The van der Waals surface area contributed by atoms with E-state index in [1.165, 1.54) is 10.9 Å². The molecule has 0 saturated heterocycles.